The van der Waals surface area contributed by atoms with Crippen LogP contribution in [0.4, 0.5) is 0 Å². The van der Waals surface area contributed by atoms with E-state index in [2.05, 4.69) is 20.8 Å². The molecule has 1 fully saturated rings. The average molecular weight is 433 g/mol. The highest BCUT2D eigenvalue weighted by Crippen LogP contribution is 2.26. The van der Waals surface area contributed by atoms with Crippen LogP contribution in [0.1, 0.15) is 23.2 Å². The van der Waals surface area contributed by atoms with Gasteiger partial charge in [0.15, 0.2) is 0 Å². The molecule has 1 aliphatic heterocycles. The van der Waals surface area contributed by atoms with Gasteiger partial charge >= 0.3 is 0 Å². The molecule has 2 heterocycles. The molecule has 1 aromatic heterocycles. The predicted molar refractivity (Wildman–Crippen MR) is 115 cm³/mol. The molecule has 0 spiro atoms. The topological polar surface area (TPSA) is 80.0 Å². The Morgan fingerprint density at radius 2 is 2.10 bits per heavy atom. The van der Waals surface area contributed by atoms with Crippen molar-refractivity contribution in [3.8, 4) is 22.8 Å². The highest BCUT2D eigenvalue weighted by Gasteiger charge is 2.19. The molecule has 1 unspecified atom stereocenters. The molecule has 6 nitrogen and oxygen atoms in total. The maximum atomic E-state index is 12.7. The molecule has 1 atom stereocenters. The van der Waals surface area contributed by atoms with Gasteiger partial charge in [0, 0.05) is 17.1 Å². The third kappa shape index (κ3) is 5.15. The second-order valence-corrected chi connectivity index (χ2v) is 7.32. The molecule has 2 N–H and O–H groups in total. The van der Waals surface area contributed by atoms with Crippen LogP contribution in [0.2, 0.25) is 5.02 Å². The van der Waals surface area contributed by atoms with Crippen LogP contribution in [0.25, 0.3) is 22.8 Å². The van der Waals surface area contributed by atoms with Crippen molar-refractivity contribution in [1.82, 2.24) is 20.8 Å². The molecule has 0 radical (unpaired) electrons. The first-order valence-electron chi connectivity index (χ1n) is 9.38. The van der Waals surface area contributed by atoms with Gasteiger partial charge in [0.25, 0.3) is 11.8 Å². The van der Waals surface area contributed by atoms with Crippen LogP contribution >= 0.6 is 24.0 Å². The molecule has 4 rings (SSSR count). The van der Waals surface area contributed by atoms with E-state index in [1.54, 1.807) is 18.2 Å². The molecular formula is C21H22Cl2N4O2. The Labute approximate surface area is 180 Å². The molecule has 1 amide bonds. The zero-order chi connectivity index (χ0) is 19.3. The van der Waals surface area contributed by atoms with Gasteiger partial charge in [0.05, 0.1) is 11.1 Å². The van der Waals surface area contributed by atoms with Crippen molar-refractivity contribution in [2.24, 2.45) is 5.92 Å². The lowest BCUT2D eigenvalue weighted by Gasteiger charge is -2.10. The highest BCUT2D eigenvalue weighted by molar-refractivity contribution is 6.30. The Bertz CT molecular complexity index is 971. The van der Waals surface area contributed by atoms with E-state index in [-0.39, 0.29) is 18.3 Å². The molecule has 2 aromatic carbocycles. The molecule has 29 heavy (non-hydrogen) atoms. The molecule has 1 aliphatic rings. The molecule has 152 valence electrons. The quantitative estimate of drug-likeness (QED) is 0.609. The van der Waals surface area contributed by atoms with Gasteiger partial charge in [0.2, 0.25) is 5.82 Å². The number of aromatic nitrogens is 2. The van der Waals surface area contributed by atoms with Crippen molar-refractivity contribution in [1.29, 1.82) is 0 Å². The van der Waals surface area contributed by atoms with Crippen molar-refractivity contribution < 1.29 is 9.32 Å². The van der Waals surface area contributed by atoms with E-state index in [4.69, 9.17) is 16.1 Å². The Hall–Kier alpha value is -2.41. The third-order valence-electron chi connectivity index (χ3n) is 4.91. The summed E-state index contributed by atoms with van der Waals surface area (Å²) in [5, 5.41) is 11.0. The predicted octanol–water partition coefficient (Wildman–Crippen LogP) is 4.21. The number of nitrogens with zero attached hydrogens (tertiary/aromatic N) is 2. The SMILES string of the molecule is Cl.O=C(NCCC1CCNC1)c1ccccc1-c1nc(-c2cccc(Cl)c2)no1. The number of halogens is 2. The van der Waals surface area contributed by atoms with Gasteiger partial charge in [-0.05, 0) is 56.1 Å². The van der Waals surface area contributed by atoms with Crippen LogP contribution < -0.4 is 10.6 Å². The Morgan fingerprint density at radius 1 is 1.24 bits per heavy atom. The molecule has 8 heteroatoms. The van der Waals surface area contributed by atoms with Crippen LogP contribution in [-0.2, 0) is 0 Å². The largest absolute Gasteiger partial charge is 0.352 e. The number of rotatable bonds is 6. The van der Waals surface area contributed by atoms with Crippen LogP contribution in [0.3, 0.4) is 0 Å². The van der Waals surface area contributed by atoms with E-state index < -0.39 is 0 Å². The van der Waals surface area contributed by atoms with Crippen LogP contribution in [0.15, 0.2) is 53.1 Å². The Morgan fingerprint density at radius 3 is 2.90 bits per heavy atom. The van der Waals surface area contributed by atoms with Gasteiger partial charge < -0.3 is 15.2 Å². The first kappa shape index (κ1) is 21.3. The number of hydrogen-bond acceptors (Lipinski definition) is 5. The molecule has 0 saturated carbocycles. The van der Waals surface area contributed by atoms with Gasteiger partial charge in [-0.25, -0.2) is 0 Å². The van der Waals surface area contributed by atoms with Crippen molar-refractivity contribution in [3.05, 3.63) is 59.1 Å². The number of amides is 1. The van der Waals surface area contributed by atoms with Crippen LogP contribution in [0.5, 0.6) is 0 Å². The first-order chi connectivity index (χ1) is 13.7. The van der Waals surface area contributed by atoms with E-state index in [0.717, 1.165) is 25.1 Å². The zero-order valence-corrected chi connectivity index (χ0v) is 17.3. The maximum Gasteiger partial charge on any atom is 0.259 e. The molecule has 1 saturated heterocycles. The van der Waals surface area contributed by atoms with E-state index in [9.17, 15) is 4.79 Å². The fourth-order valence-electron chi connectivity index (χ4n) is 3.39. The summed E-state index contributed by atoms with van der Waals surface area (Å²) in [6.07, 6.45) is 2.14. The average Bonchev–Trinajstić information content (AvgIpc) is 3.40. The van der Waals surface area contributed by atoms with E-state index in [1.807, 2.05) is 30.3 Å². The van der Waals surface area contributed by atoms with Crippen molar-refractivity contribution >= 4 is 29.9 Å². The summed E-state index contributed by atoms with van der Waals surface area (Å²) < 4.78 is 5.43. The lowest BCUT2D eigenvalue weighted by atomic mass is 10.0. The minimum absolute atomic E-state index is 0. The number of benzene rings is 2. The monoisotopic (exact) mass is 432 g/mol. The molecular weight excluding hydrogens is 411 g/mol. The molecule has 0 aliphatic carbocycles. The second kappa shape index (κ2) is 9.87. The van der Waals surface area contributed by atoms with Gasteiger partial charge in [0.1, 0.15) is 0 Å². The van der Waals surface area contributed by atoms with Gasteiger partial charge in [-0.3, -0.25) is 4.79 Å². The lowest BCUT2D eigenvalue weighted by Crippen LogP contribution is -2.26. The van der Waals surface area contributed by atoms with Crippen molar-refractivity contribution in [3.63, 3.8) is 0 Å². The fraction of sp³-hybridized carbons (Fsp3) is 0.286. The zero-order valence-electron chi connectivity index (χ0n) is 15.7. The standard InChI is InChI=1S/C21H21ClN4O2.ClH/c22-16-5-3-4-15(12-16)19-25-21(28-26-19)18-7-2-1-6-17(18)20(27)24-11-9-14-8-10-23-13-14;/h1-7,12,14,23H,8-11,13H2,(H,24,27);1H. The molecule has 3 aromatic rings. The van der Waals surface area contributed by atoms with E-state index in [0.29, 0.717) is 40.3 Å². The van der Waals surface area contributed by atoms with Crippen molar-refractivity contribution in [2.45, 2.75) is 12.8 Å². The van der Waals surface area contributed by atoms with Gasteiger partial charge in [-0.1, -0.05) is 41.0 Å². The first-order valence-corrected chi connectivity index (χ1v) is 9.76. The van der Waals surface area contributed by atoms with E-state index >= 15 is 0 Å². The third-order valence-corrected chi connectivity index (χ3v) is 5.15. The van der Waals surface area contributed by atoms with Crippen LogP contribution in [0, 0.1) is 5.92 Å². The smallest absolute Gasteiger partial charge is 0.259 e. The number of carbonyl (C=O) groups is 1. The summed E-state index contributed by atoms with van der Waals surface area (Å²) in [5.74, 6) is 1.23. The normalized spacial score (nSPS) is 15.7. The van der Waals surface area contributed by atoms with Crippen LogP contribution in [-0.4, -0.2) is 35.7 Å². The Balaban J connectivity index is 0.00000240. The molecule has 0 bridgehead atoms. The lowest BCUT2D eigenvalue weighted by molar-refractivity contribution is 0.0952. The summed E-state index contributed by atoms with van der Waals surface area (Å²) in [6.45, 7) is 2.74. The minimum Gasteiger partial charge on any atom is -0.352 e. The Kier molecular flexibility index (Phi) is 7.25. The summed E-state index contributed by atoms with van der Waals surface area (Å²) in [7, 11) is 0. The summed E-state index contributed by atoms with van der Waals surface area (Å²) in [6, 6.07) is 14.5. The highest BCUT2D eigenvalue weighted by atomic mass is 35.5. The number of nitrogens with one attached hydrogen (secondary N) is 2. The maximum absolute atomic E-state index is 12.7. The fourth-order valence-corrected chi connectivity index (χ4v) is 3.58. The van der Waals surface area contributed by atoms with E-state index in [1.165, 1.54) is 6.42 Å². The van der Waals surface area contributed by atoms with Gasteiger partial charge in [-0.15, -0.1) is 12.4 Å². The summed E-state index contributed by atoms with van der Waals surface area (Å²) >= 11 is 6.04. The number of carbonyl (C=O) groups excluding carboxylic acids is 1. The summed E-state index contributed by atoms with van der Waals surface area (Å²) in [5.41, 5.74) is 1.89. The van der Waals surface area contributed by atoms with Crippen molar-refractivity contribution in [2.75, 3.05) is 19.6 Å². The minimum atomic E-state index is -0.135. The summed E-state index contributed by atoms with van der Waals surface area (Å²) in [4.78, 5) is 17.2. The van der Waals surface area contributed by atoms with Gasteiger partial charge in [-0.2, -0.15) is 4.98 Å². The second-order valence-electron chi connectivity index (χ2n) is 6.88. The number of hydrogen-bond donors (Lipinski definition) is 2.